The summed E-state index contributed by atoms with van der Waals surface area (Å²) in [6.45, 7) is 8.68. The molecule has 0 aliphatic carbocycles. The Balaban J connectivity index is 3.07. The highest BCUT2D eigenvalue weighted by Crippen LogP contribution is 2.36. The highest BCUT2D eigenvalue weighted by Gasteiger charge is 2.38. The van der Waals surface area contributed by atoms with Crippen molar-refractivity contribution in [1.82, 2.24) is 5.32 Å². The normalized spacial score (nSPS) is 11.7. The molecule has 1 rings (SSSR count). The van der Waals surface area contributed by atoms with E-state index in [1.54, 1.807) is 19.9 Å². The summed E-state index contributed by atoms with van der Waals surface area (Å²) >= 11 is 6.05. The maximum Gasteiger partial charge on any atom is 0.239 e. The first-order chi connectivity index (χ1) is 10.9. The molecule has 0 saturated heterocycles. The second-order valence-corrected chi connectivity index (χ2v) is 7.38. The van der Waals surface area contributed by atoms with Gasteiger partial charge in [0.25, 0.3) is 0 Å². The quantitative estimate of drug-likeness (QED) is 0.794. The van der Waals surface area contributed by atoms with Gasteiger partial charge in [0.15, 0.2) is 0 Å². The average molecular weight is 357 g/mol. The summed E-state index contributed by atoms with van der Waals surface area (Å²) in [7, 11) is 2.94. The first-order valence-corrected chi connectivity index (χ1v) is 7.85. The Bertz CT molecular complexity index is 636. The number of halogens is 1. The van der Waals surface area contributed by atoms with Crippen LogP contribution in [0.25, 0.3) is 0 Å². The summed E-state index contributed by atoms with van der Waals surface area (Å²) in [5.74, 6) is -0.0646. The number of carbonyl (C=O) groups excluding carboxylic acids is 2. The molecule has 0 spiro atoms. The fourth-order valence-electron chi connectivity index (χ4n) is 1.84. The summed E-state index contributed by atoms with van der Waals surface area (Å²) < 4.78 is 10.4. The summed E-state index contributed by atoms with van der Waals surface area (Å²) in [4.78, 5) is 25.0. The van der Waals surface area contributed by atoms with Crippen LogP contribution in [0.5, 0.6) is 11.5 Å². The van der Waals surface area contributed by atoms with E-state index in [1.165, 1.54) is 20.3 Å². The third kappa shape index (κ3) is 4.77. The van der Waals surface area contributed by atoms with E-state index >= 15 is 0 Å². The van der Waals surface area contributed by atoms with Gasteiger partial charge in [-0.1, -0.05) is 11.6 Å². The molecule has 0 aliphatic rings. The van der Waals surface area contributed by atoms with E-state index in [2.05, 4.69) is 10.6 Å². The zero-order valence-electron chi connectivity index (χ0n) is 15.2. The number of amides is 2. The Kier molecular flexibility index (Phi) is 6.11. The van der Waals surface area contributed by atoms with Crippen LogP contribution < -0.4 is 20.1 Å². The van der Waals surface area contributed by atoms with Gasteiger partial charge < -0.3 is 20.1 Å². The van der Waals surface area contributed by atoms with Gasteiger partial charge in [-0.2, -0.15) is 0 Å². The second-order valence-electron chi connectivity index (χ2n) is 6.97. The Morgan fingerprint density at radius 1 is 0.958 bits per heavy atom. The first-order valence-electron chi connectivity index (χ1n) is 7.48. The van der Waals surface area contributed by atoms with Crippen LogP contribution in [-0.2, 0) is 9.59 Å². The van der Waals surface area contributed by atoms with Crippen LogP contribution in [0.15, 0.2) is 12.1 Å². The largest absolute Gasteiger partial charge is 0.495 e. The van der Waals surface area contributed by atoms with Crippen molar-refractivity contribution in [3.8, 4) is 11.5 Å². The molecule has 2 N–H and O–H groups in total. The fraction of sp³-hybridized carbons (Fsp3) is 0.529. The zero-order valence-corrected chi connectivity index (χ0v) is 15.9. The third-order valence-corrected chi connectivity index (χ3v) is 3.64. The number of hydrogen-bond donors (Lipinski definition) is 2. The molecule has 0 aromatic heterocycles. The Morgan fingerprint density at radius 3 is 1.96 bits per heavy atom. The number of nitrogens with one attached hydrogen (secondary N) is 2. The highest BCUT2D eigenvalue weighted by molar-refractivity contribution is 6.32. The van der Waals surface area contributed by atoms with Crippen molar-refractivity contribution >= 4 is 29.1 Å². The van der Waals surface area contributed by atoms with Gasteiger partial charge in [0.1, 0.15) is 16.9 Å². The molecule has 1 aromatic carbocycles. The summed E-state index contributed by atoms with van der Waals surface area (Å²) in [5, 5.41) is 5.87. The SMILES string of the molecule is COc1cc(NC(=O)C(C)(C)C(=O)NC(C)(C)C)c(OC)cc1Cl. The minimum absolute atomic E-state index is 0.358. The number of methoxy groups -OCH3 is 2. The van der Waals surface area contributed by atoms with Crippen LogP contribution in [0.1, 0.15) is 34.6 Å². The van der Waals surface area contributed by atoms with Gasteiger partial charge in [-0.15, -0.1) is 0 Å². The monoisotopic (exact) mass is 356 g/mol. The van der Waals surface area contributed by atoms with Crippen LogP contribution in [0, 0.1) is 5.41 Å². The lowest BCUT2D eigenvalue weighted by atomic mass is 9.89. The maximum absolute atomic E-state index is 12.6. The molecule has 1 aromatic rings. The van der Waals surface area contributed by atoms with E-state index in [0.717, 1.165) is 0 Å². The van der Waals surface area contributed by atoms with Crippen molar-refractivity contribution in [3.05, 3.63) is 17.2 Å². The molecule has 0 heterocycles. The Hall–Kier alpha value is -1.95. The molecule has 6 nitrogen and oxygen atoms in total. The number of benzene rings is 1. The molecule has 0 atom stereocenters. The first kappa shape index (κ1) is 20.1. The van der Waals surface area contributed by atoms with Gasteiger partial charge in [-0.25, -0.2) is 0 Å². The van der Waals surface area contributed by atoms with E-state index in [0.29, 0.717) is 22.2 Å². The predicted octanol–water partition coefficient (Wildman–Crippen LogP) is 3.24. The molecule has 0 unspecified atom stereocenters. The molecule has 0 fully saturated rings. The molecule has 0 saturated carbocycles. The van der Waals surface area contributed by atoms with Crippen molar-refractivity contribution in [3.63, 3.8) is 0 Å². The van der Waals surface area contributed by atoms with Gasteiger partial charge in [-0.05, 0) is 34.6 Å². The van der Waals surface area contributed by atoms with Crippen molar-refractivity contribution < 1.29 is 19.1 Å². The minimum atomic E-state index is -1.27. The maximum atomic E-state index is 12.6. The van der Waals surface area contributed by atoms with E-state index in [1.807, 2.05) is 20.8 Å². The Morgan fingerprint density at radius 2 is 1.50 bits per heavy atom. The lowest BCUT2D eigenvalue weighted by Gasteiger charge is -2.28. The van der Waals surface area contributed by atoms with Gasteiger partial charge in [0.05, 0.1) is 24.9 Å². The molecule has 0 aliphatic heterocycles. The van der Waals surface area contributed by atoms with Crippen molar-refractivity contribution in [2.24, 2.45) is 5.41 Å². The van der Waals surface area contributed by atoms with Gasteiger partial charge in [0, 0.05) is 17.7 Å². The van der Waals surface area contributed by atoms with Gasteiger partial charge in [-0.3, -0.25) is 9.59 Å². The number of carbonyl (C=O) groups is 2. The standard InChI is InChI=1S/C17H25ClN2O4/c1-16(2,3)20-15(22)17(4,5)14(21)19-11-9-12(23-6)10(18)8-13(11)24-7/h8-9H,1-7H3,(H,19,21)(H,20,22). The molecule has 0 radical (unpaired) electrons. The van der Waals surface area contributed by atoms with E-state index < -0.39 is 16.9 Å². The molecule has 2 amide bonds. The second kappa shape index (κ2) is 7.30. The van der Waals surface area contributed by atoms with Gasteiger partial charge in [0.2, 0.25) is 11.8 Å². The summed E-state index contributed by atoms with van der Waals surface area (Å²) in [6, 6.07) is 3.09. The van der Waals surface area contributed by atoms with E-state index in [4.69, 9.17) is 21.1 Å². The number of ether oxygens (including phenoxy) is 2. The summed E-state index contributed by atoms with van der Waals surface area (Å²) in [5.41, 5.74) is -1.33. The number of rotatable bonds is 5. The van der Waals surface area contributed by atoms with Crippen molar-refractivity contribution in [2.75, 3.05) is 19.5 Å². The Labute approximate surface area is 147 Å². The third-order valence-electron chi connectivity index (χ3n) is 3.35. The van der Waals surface area contributed by atoms with Crippen LogP contribution in [-0.4, -0.2) is 31.6 Å². The van der Waals surface area contributed by atoms with Gasteiger partial charge >= 0.3 is 0 Å². The number of anilines is 1. The van der Waals surface area contributed by atoms with Crippen LogP contribution >= 0.6 is 11.6 Å². The van der Waals surface area contributed by atoms with Crippen molar-refractivity contribution in [2.45, 2.75) is 40.2 Å². The molecule has 24 heavy (non-hydrogen) atoms. The average Bonchev–Trinajstić information content (AvgIpc) is 2.46. The van der Waals surface area contributed by atoms with Crippen LogP contribution in [0.4, 0.5) is 5.69 Å². The zero-order chi connectivity index (χ0) is 18.7. The minimum Gasteiger partial charge on any atom is -0.495 e. The molecule has 7 heteroatoms. The topological polar surface area (TPSA) is 76.7 Å². The van der Waals surface area contributed by atoms with Crippen LogP contribution in [0.3, 0.4) is 0 Å². The molecule has 134 valence electrons. The predicted molar refractivity (Wildman–Crippen MR) is 94.9 cm³/mol. The van der Waals surface area contributed by atoms with Crippen molar-refractivity contribution in [1.29, 1.82) is 0 Å². The molecule has 0 bridgehead atoms. The lowest BCUT2D eigenvalue weighted by Crippen LogP contribution is -2.51. The number of hydrogen-bond acceptors (Lipinski definition) is 4. The smallest absolute Gasteiger partial charge is 0.239 e. The van der Waals surface area contributed by atoms with Crippen LogP contribution in [0.2, 0.25) is 5.02 Å². The lowest BCUT2D eigenvalue weighted by molar-refractivity contribution is -0.139. The highest BCUT2D eigenvalue weighted by atomic mass is 35.5. The van der Waals surface area contributed by atoms with E-state index in [9.17, 15) is 9.59 Å². The molecular formula is C17H25ClN2O4. The van der Waals surface area contributed by atoms with E-state index in [-0.39, 0.29) is 5.91 Å². The molecular weight excluding hydrogens is 332 g/mol. The fourth-order valence-corrected chi connectivity index (χ4v) is 2.07. The summed E-state index contributed by atoms with van der Waals surface area (Å²) in [6.07, 6.45) is 0.